The number of thiocarbonyl (C=S) groups is 1. The van der Waals surface area contributed by atoms with Crippen LogP contribution in [-0.4, -0.2) is 28.4 Å². The van der Waals surface area contributed by atoms with Crippen molar-refractivity contribution in [2.75, 3.05) is 6.54 Å². The van der Waals surface area contributed by atoms with Crippen LogP contribution in [0.2, 0.25) is 0 Å². The molecule has 0 aromatic carbocycles. The molecule has 4 heteroatoms. The smallest absolute Gasteiger partial charge is 0.223 e. The van der Waals surface area contributed by atoms with Crippen molar-refractivity contribution in [3.05, 3.63) is 0 Å². The van der Waals surface area contributed by atoms with Gasteiger partial charge in [0.15, 0.2) is 0 Å². The minimum atomic E-state index is 0.154. The van der Waals surface area contributed by atoms with Crippen molar-refractivity contribution in [3.63, 3.8) is 0 Å². The average Bonchev–Trinajstić information content (AvgIpc) is 2.14. The molecule has 0 saturated carbocycles. The normalized spacial score (nSPS) is 13.5. The second-order valence-electron chi connectivity index (χ2n) is 6.37. The maximum Gasteiger partial charge on any atom is 0.223 e. The van der Waals surface area contributed by atoms with Crippen LogP contribution in [-0.2, 0) is 4.79 Å². The molecule has 106 valence electrons. The van der Waals surface area contributed by atoms with E-state index in [9.17, 15) is 4.79 Å². The molecule has 0 aliphatic heterocycles. The van der Waals surface area contributed by atoms with Gasteiger partial charge in [0.25, 0.3) is 0 Å². The molecule has 0 heterocycles. The molecular weight excluding hydrogens is 244 g/mol. The number of hydrogen-bond acceptors (Lipinski definition) is 2. The van der Waals surface area contributed by atoms with Gasteiger partial charge >= 0.3 is 0 Å². The summed E-state index contributed by atoms with van der Waals surface area (Å²) in [5, 5.41) is 0. The zero-order chi connectivity index (χ0) is 14.5. The first-order valence-corrected chi connectivity index (χ1v) is 7.04. The van der Waals surface area contributed by atoms with E-state index in [-0.39, 0.29) is 17.4 Å². The Morgan fingerprint density at radius 1 is 1.28 bits per heavy atom. The molecule has 0 aliphatic rings. The van der Waals surface area contributed by atoms with E-state index in [0.29, 0.717) is 30.3 Å². The highest BCUT2D eigenvalue weighted by Gasteiger charge is 2.26. The zero-order valence-electron chi connectivity index (χ0n) is 12.6. The minimum Gasteiger partial charge on any atom is -0.393 e. The largest absolute Gasteiger partial charge is 0.393 e. The van der Waals surface area contributed by atoms with Gasteiger partial charge in [-0.3, -0.25) is 4.79 Å². The van der Waals surface area contributed by atoms with Gasteiger partial charge in [0.1, 0.15) is 0 Å². The van der Waals surface area contributed by atoms with Crippen molar-refractivity contribution in [2.24, 2.45) is 17.1 Å². The maximum atomic E-state index is 12.3. The molecule has 0 spiro atoms. The number of carbonyl (C=O) groups is 1. The van der Waals surface area contributed by atoms with Crippen LogP contribution in [0.3, 0.4) is 0 Å². The van der Waals surface area contributed by atoms with Crippen molar-refractivity contribution < 1.29 is 4.79 Å². The molecule has 2 N–H and O–H groups in total. The van der Waals surface area contributed by atoms with Gasteiger partial charge in [-0.2, -0.15) is 0 Å². The van der Waals surface area contributed by atoms with Crippen LogP contribution in [0.4, 0.5) is 0 Å². The summed E-state index contributed by atoms with van der Waals surface area (Å²) < 4.78 is 0. The first kappa shape index (κ1) is 17.4. The van der Waals surface area contributed by atoms with Crippen molar-refractivity contribution >= 4 is 23.1 Å². The van der Waals surface area contributed by atoms with Crippen LogP contribution < -0.4 is 5.73 Å². The third-order valence-corrected chi connectivity index (χ3v) is 3.71. The molecule has 1 atom stereocenters. The van der Waals surface area contributed by atoms with E-state index < -0.39 is 0 Å². The van der Waals surface area contributed by atoms with Gasteiger partial charge in [-0.25, -0.2) is 0 Å². The second kappa shape index (κ2) is 7.07. The van der Waals surface area contributed by atoms with E-state index in [1.54, 1.807) is 0 Å². The number of hydrogen-bond donors (Lipinski definition) is 1. The lowest BCUT2D eigenvalue weighted by atomic mass is 9.80. The van der Waals surface area contributed by atoms with E-state index in [1.807, 2.05) is 18.7 Å². The van der Waals surface area contributed by atoms with Gasteiger partial charge in [-0.05, 0) is 25.2 Å². The predicted molar refractivity (Wildman–Crippen MR) is 81.5 cm³/mol. The molecule has 0 aromatic heterocycles. The fourth-order valence-electron chi connectivity index (χ4n) is 1.59. The lowest BCUT2D eigenvalue weighted by Crippen LogP contribution is -2.40. The van der Waals surface area contributed by atoms with Crippen LogP contribution in [0.15, 0.2) is 0 Å². The molecular formula is C14H28N2OS. The Balaban J connectivity index is 4.53. The monoisotopic (exact) mass is 272 g/mol. The molecule has 3 nitrogen and oxygen atoms in total. The molecule has 1 amide bonds. The highest BCUT2D eigenvalue weighted by Crippen LogP contribution is 2.28. The first-order chi connectivity index (χ1) is 8.05. The summed E-state index contributed by atoms with van der Waals surface area (Å²) in [6.07, 6.45) is 1.18. The van der Waals surface area contributed by atoms with Crippen molar-refractivity contribution in [1.82, 2.24) is 4.90 Å². The van der Waals surface area contributed by atoms with Gasteiger partial charge in [0, 0.05) is 25.4 Å². The van der Waals surface area contributed by atoms with E-state index in [2.05, 4.69) is 27.7 Å². The van der Waals surface area contributed by atoms with E-state index in [0.717, 1.165) is 0 Å². The molecule has 0 radical (unpaired) electrons. The summed E-state index contributed by atoms with van der Waals surface area (Å²) in [6.45, 7) is 13.3. The number of nitrogens with zero attached hydrogens (tertiary/aromatic N) is 1. The Bertz CT molecular complexity index is 295. The lowest BCUT2D eigenvalue weighted by molar-refractivity contribution is -0.134. The molecule has 0 rings (SSSR count). The number of nitrogens with two attached hydrogens (primary N) is 1. The van der Waals surface area contributed by atoms with Gasteiger partial charge in [-0.1, -0.05) is 39.9 Å². The summed E-state index contributed by atoms with van der Waals surface area (Å²) in [5.41, 5.74) is 5.66. The summed E-state index contributed by atoms with van der Waals surface area (Å²) in [4.78, 5) is 14.6. The highest BCUT2D eigenvalue weighted by molar-refractivity contribution is 7.80. The minimum absolute atomic E-state index is 0.154. The van der Waals surface area contributed by atoms with Crippen LogP contribution in [0, 0.1) is 11.3 Å². The predicted octanol–water partition coefficient (Wildman–Crippen LogP) is 2.97. The van der Waals surface area contributed by atoms with Gasteiger partial charge < -0.3 is 10.6 Å². The molecule has 0 saturated heterocycles. The van der Waals surface area contributed by atoms with Crippen LogP contribution >= 0.6 is 12.2 Å². The summed E-state index contributed by atoms with van der Waals surface area (Å²) in [7, 11) is 0. The van der Waals surface area contributed by atoms with E-state index in [4.69, 9.17) is 18.0 Å². The Morgan fingerprint density at radius 2 is 1.78 bits per heavy atom. The maximum absolute atomic E-state index is 12.3. The van der Waals surface area contributed by atoms with E-state index >= 15 is 0 Å². The fourth-order valence-corrected chi connectivity index (χ4v) is 1.68. The second-order valence-corrected chi connectivity index (χ2v) is 6.89. The Hall–Kier alpha value is -0.640. The van der Waals surface area contributed by atoms with Gasteiger partial charge in [0.05, 0.1) is 4.99 Å². The molecule has 0 aliphatic carbocycles. The molecule has 1 unspecified atom stereocenters. The van der Waals surface area contributed by atoms with Crippen molar-refractivity contribution in [2.45, 2.75) is 60.4 Å². The topological polar surface area (TPSA) is 46.3 Å². The van der Waals surface area contributed by atoms with Crippen molar-refractivity contribution in [1.29, 1.82) is 0 Å². The van der Waals surface area contributed by atoms with Crippen LogP contribution in [0.25, 0.3) is 0 Å². The first-order valence-electron chi connectivity index (χ1n) is 6.63. The number of amides is 1. The lowest BCUT2D eigenvalue weighted by Gasteiger charge is -2.32. The zero-order valence-corrected chi connectivity index (χ0v) is 13.4. The van der Waals surface area contributed by atoms with Crippen LogP contribution in [0.1, 0.15) is 54.4 Å². The summed E-state index contributed by atoms with van der Waals surface area (Å²) in [5.74, 6) is 0.555. The Morgan fingerprint density at radius 3 is 2.11 bits per heavy atom. The van der Waals surface area contributed by atoms with Gasteiger partial charge in [-0.15, -0.1) is 0 Å². The third-order valence-electron chi connectivity index (χ3n) is 3.50. The quantitative estimate of drug-likeness (QED) is 0.756. The summed E-state index contributed by atoms with van der Waals surface area (Å²) in [6, 6.07) is 0.194. The standard InChI is InChI=1S/C14H28N2OS/c1-10(2)16(8-7-12(15)18)13(17)9-11(3)14(4,5)6/h10-11H,7-9H2,1-6H3,(H2,15,18). The number of carbonyl (C=O) groups excluding carboxylic acids is 1. The molecule has 0 bridgehead atoms. The van der Waals surface area contributed by atoms with Crippen LogP contribution in [0.5, 0.6) is 0 Å². The molecule has 0 aromatic rings. The highest BCUT2D eigenvalue weighted by atomic mass is 32.1. The Kier molecular flexibility index (Phi) is 6.82. The average molecular weight is 272 g/mol. The Labute approximate surface area is 117 Å². The van der Waals surface area contributed by atoms with E-state index in [1.165, 1.54) is 0 Å². The molecule has 0 fully saturated rings. The third kappa shape index (κ3) is 6.34. The summed E-state index contributed by atoms with van der Waals surface area (Å²) >= 11 is 4.87. The SMILES string of the molecule is CC(C)N(CCC(N)=S)C(=O)CC(C)C(C)(C)C. The fraction of sp³-hybridized carbons (Fsp3) is 0.857. The number of rotatable bonds is 6. The van der Waals surface area contributed by atoms with Gasteiger partial charge in [0.2, 0.25) is 5.91 Å². The van der Waals surface area contributed by atoms with Crippen molar-refractivity contribution in [3.8, 4) is 0 Å². The molecule has 18 heavy (non-hydrogen) atoms.